The van der Waals surface area contributed by atoms with Crippen LogP contribution in [0.15, 0.2) is 24.3 Å². The van der Waals surface area contributed by atoms with Crippen LogP contribution >= 0.6 is 11.6 Å². The van der Waals surface area contributed by atoms with E-state index in [0.29, 0.717) is 19.5 Å². The number of likely N-dealkylation sites (tertiary alicyclic amines) is 1. The number of piperazine rings is 1. The van der Waals surface area contributed by atoms with Crippen LogP contribution in [-0.2, 0) is 4.79 Å². The summed E-state index contributed by atoms with van der Waals surface area (Å²) in [4.78, 5) is 18.0. The largest absolute Gasteiger partial charge is 0.390 e. The van der Waals surface area contributed by atoms with Gasteiger partial charge in [-0.3, -0.25) is 9.69 Å². The molecule has 126 valence electrons. The molecule has 2 fully saturated rings. The summed E-state index contributed by atoms with van der Waals surface area (Å²) in [5.74, 6) is 0.176. The fraction of sp³-hybridized carbons (Fsp3) is 0.588. The smallest absolute Gasteiger partial charge is 0.222 e. The lowest BCUT2D eigenvalue weighted by Crippen LogP contribution is -2.50. The third-order valence-electron chi connectivity index (χ3n) is 4.62. The lowest BCUT2D eigenvalue weighted by Gasteiger charge is -2.37. The number of hydrogen-bond donors (Lipinski definition) is 1. The molecule has 1 atom stereocenters. The molecule has 0 bridgehead atoms. The highest BCUT2D eigenvalue weighted by Gasteiger charge is 2.25. The van der Waals surface area contributed by atoms with Gasteiger partial charge in [-0.1, -0.05) is 17.7 Å². The number of β-amino-alcohol motifs (C(OH)–C–C–N with tert-alkyl or cyclic N) is 1. The molecule has 1 N–H and O–H groups in total. The van der Waals surface area contributed by atoms with Gasteiger partial charge >= 0.3 is 0 Å². The minimum atomic E-state index is -0.463. The van der Waals surface area contributed by atoms with Crippen LogP contribution in [0, 0.1) is 0 Å². The number of aliphatic hydroxyl groups is 1. The van der Waals surface area contributed by atoms with E-state index in [9.17, 15) is 9.90 Å². The maximum atomic E-state index is 11.6. The number of carbonyl (C=O) groups excluding carboxylic acids is 1. The quantitative estimate of drug-likeness (QED) is 0.883. The van der Waals surface area contributed by atoms with Crippen LogP contribution in [0.25, 0.3) is 0 Å². The average molecular weight is 338 g/mol. The van der Waals surface area contributed by atoms with Gasteiger partial charge in [0.2, 0.25) is 5.91 Å². The van der Waals surface area contributed by atoms with Gasteiger partial charge in [0.05, 0.1) is 6.10 Å². The lowest BCUT2D eigenvalue weighted by molar-refractivity contribution is -0.129. The molecule has 1 amide bonds. The molecule has 0 saturated carbocycles. The van der Waals surface area contributed by atoms with Gasteiger partial charge in [-0.05, 0) is 24.6 Å². The van der Waals surface area contributed by atoms with Crippen molar-refractivity contribution in [2.45, 2.75) is 18.9 Å². The van der Waals surface area contributed by atoms with E-state index < -0.39 is 6.10 Å². The first-order valence-corrected chi connectivity index (χ1v) is 8.68. The normalized spacial score (nSPS) is 21.0. The minimum absolute atomic E-state index is 0.176. The zero-order chi connectivity index (χ0) is 16.2. The Hall–Kier alpha value is -1.30. The van der Waals surface area contributed by atoms with E-state index in [1.54, 1.807) is 4.90 Å². The monoisotopic (exact) mass is 337 g/mol. The highest BCUT2D eigenvalue weighted by molar-refractivity contribution is 6.30. The van der Waals surface area contributed by atoms with E-state index in [2.05, 4.69) is 15.9 Å². The first kappa shape index (κ1) is 16.6. The number of anilines is 1. The minimum Gasteiger partial charge on any atom is -0.390 e. The summed E-state index contributed by atoms with van der Waals surface area (Å²) in [7, 11) is 0. The maximum absolute atomic E-state index is 11.6. The van der Waals surface area contributed by atoms with Crippen LogP contribution in [-0.4, -0.2) is 72.7 Å². The molecule has 3 rings (SSSR count). The lowest BCUT2D eigenvalue weighted by atomic mass is 10.2. The Bertz CT molecular complexity index is 546. The molecule has 2 aliphatic rings. The fourth-order valence-electron chi connectivity index (χ4n) is 3.37. The molecular formula is C17H24ClN3O2. The van der Waals surface area contributed by atoms with Crippen LogP contribution in [0.3, 0.4) is 0 Å². The van der Waals surface area contributed by atoms with E-state index in [1.165, 1.54) is 0 Å². The van der Waals surface area contributed by atoms with E-state index in [-0.39, 0.29) is 5.91 Å². The van der Waals surface area contributed by atoms with E-state index >= 15 is 0 Å². The SMILES string of the molecule is O=C1CCCN1CC(O)CN1CCN(c2cccc(Cl)c2)CC1. The second-order valence-corrected chi connectivity index (χ2v) is 6.80. The zero-order valence-corrected chi connectivity index (χ0v) is 14.1. The first-order chi connectivity index (χ1) is 11.1. The summed E-state index contributed by atoms with van der Waals surface area (Å²) in [6, 6.07) is 7.93. The van der Waals surface area contributed by atoms with E-state index in [0.717, 1.165) is 49.9 Å². The molecular weight excluding hydrogens is 314 g/mol. The van der Waals surface area contributed by atoms with Gasteiger partial charge in [0.25, 0.3) is 0 Å². The van der Waals surface area contributed by atoms with Gasteiger partial charge in [-0.25, -0.2) is 0 Å². The van der Waals surface area contributed by atoms with Crippen molar-refractivity contribution in [1.29, 1.82) is 0 Å². The Kier molecular flexibility index (Phi) is 5.41. The van der Waals surface area contributed by atoms with Crippen molar-refractivity contribution in [2.75, 3.05) is 50.7 Å². The number of amides is 1. The number of carbonyl (C=O) groups is 1. The van der Waals surface area contributed by atoms with Gasteiger partial charge in [0.1, 0.15) is 0 Å². The molecule has 6 heteroatoms. The molecule has 2 aliphatic heterocycles. The Morgan fingerprint density at radius 3 is 2.57 bits per heavy atom. The summed E-state index contributed by atoms with van der Waals surface area (Å²) in [5.41, 5.74) is 1.15. The van der Waals surface area contributed by atoms with Crippen molar-refractivity contribution in [3.63, 3.8) is 0 Å². The third kappa shape index (κ3) is 4.37. The van der Waals surface area contributed by atoms with Crippen LogP contribution in [0.4, 0.5) is 5.69 Å². The van der Waals surface area contributed by atoms with E-state index in [4.69, 9.17) is 11.6 Å². The Morgan fingerprint density at radius 1 is 1.13 bits per heavy atom. The van der Waals surface area contributed by atoms with E-state index in [1.807, 2.05) is 18.2 Å². The van der Waals surface area contributed by atoms with Crippen molar-refractivity contribution in [1.82, 2.24) is 9.80 Å². The van der Waals surface area contributed by atoms with Crippen molar-refractivity contribution in [2.24, 2.45) is 0 Å². The predicted molar refractivity (Wildman–Crippen MR) is 91.9 cm³/mol. The van der Waals surface area contributed by atoms with Gasteiger partial charge in [0, 0.05) is 62.9 Å². The summed E-state index contributed by atoms with van der Waals surface area (Å²) in [5, 5.41) is 11.0. The molecule has 0 spiro atoms. The average Bonchev–Trinajstić information content (AvgIpc) is 2.93. The van der Waals surface area contributed by atoms with Crippen molar-refractivity contribution < 1.29 is 9.90 Å². The molecule has 23 heavy (non-hydrogen) atoms. The van der Waals surface area contributed by atoms with Crippen LogP contribution in [0.5, 0.6) is 0 Å². The Labute approximate surface area is 142 Å². The maximum Gasteiger partial charge on any atom is 0.222 e. The van der Waals surface area contributed by atoms with Gasteiger partial charge in [0.15, 0.2) is 0 Å². The Morgan fingerprint density at radius 2 is 1.91 bits per heavy atom. The molecule has 2 heterocycles. The number of rotatable bonds is 5. The molecule has 1 aromatic rings. The van der Waals surface area contributed by atoms with Crippen molar-refractivity contribution in [3.8, 4) is 0 Å². The van der Waals surface area contributed by atoms with Gasteiger partial charge in [-0.15, -0.1) is 0 Å². The summed E-state index contributed by atoms with van der Waals surface area (Å²) in [6.07, 6.45) is 1.09. The predicted octanol–water partition coefficient (Wildman–Crippen LogP) is 1.45. The summed E-state index contributed by atoms with van der Waals surface area (Å²) in [6.45, 7) is 5.57. The van der Waals surface area contributed by atoms with Crippen LogP contribution in [0.2, 0.25) is 5.02 Å². The summed E-state index contributed by atoms with van der Waals surface area (Å²) < 4.78 is 0. The Balaban J connectivity index is 1.44. The number of benzene rings is 1. The second kappa shape index (κ2) is 7.51. The van der Waals surface area contributed by atoms with Crippen molar-refractivity contribution in [3.05, 3.63) is 29.3 Å². The van der Waals surface area contributed by atoms with Gasteiger partial charge in [-0.2, -0.15) is 0 Å². The van der Waals surface area contributed by atoms with Crippen molar-refractivity contribution >= 4 is 23.2 Å². The van der Waals surface area contributed by atoms with Crippen LogP contribution < -0.4 is 4.90 Å². The summed E-state index contributed by atoms with van der Waals surface area (Å²) >= 11 is 6.05. The molecule has 5 nitrogen and oxygen atoms in total. The van der Waals surface area contributed by atoms with Gasteiger partial charge < -0.3 is 14.9 Å². The molecule has 0 aromatic heterocycles. The molecule has 0 radical (unpaired) electrons. The topological polar surface area (TPSA) is 47.0 Å². The highest BCUT2D eigenvalue weighted by atomic mass is 35.5. The third-order valence-corrected chi connectivity index (χ3v) is 4.85. The fourth-order valence-corrected chi connectivity index (χ4v) is 3.55. The number of aliphatic hydroxyl groups excluding tert-OH is 1. The van der Waals surface area contributed by atoms with Crippen LogP contribution in [0.1, 0.15) is 12.8 Å². The molecule has 2 saturated heterocycles. The zero-order valence-electron chi connectivity index (χ0n) is 13.3. The molecule has 1 unspecified atom stereocenters. The number of halogens is 1. The first-order valence-electron chi connectivity index (χ1n) is 8.30. The number of nitrogens with zero attached hydrogens (tertiary/aromatic N) is 3. The molecule has 1 aromatic carbocycles. The number of hydrogen-bond acceptors (Lipinski definition) is 4. The highest BCUT2D eigenvalue weighted by Crippen LogP contribution is 2.21. The molecule has 0 aliphatic carbocycles. The second-order valence-electron chi connectivity index (χ2n) is 6.36. The standard InChI is InChI=1S/C17H24ClN3O2/c18-14-3-1-4-15(11-14)20-9-7-19(8-10-20)12-16(22)13-21-6-2-5-17(21)23/h1,3-4,11,16,22H,2,5-10,12-13H2.